The minimum atomic E-state index is -0.240. The van der Waals surface area contributed by atoms with Crippen LogP contribution < -0.4 is 10.9 Å². The summed E-state index contributed by atoms with van der Waals surface area (Å²) in [5, 5.41) is 7.52. The molecule has 1 aromatic heterocycles. The molecule has 1 heterocycles. The fraction of sp³-hybridized carbons (Fsp3) is 0.692. The minimum absolute atomic E-state index is 0.0401. The molecule has 0 fully saturated rings. The lowest BCUT2D eigenvalue weighted by Crippen LogP contribution is -2.44. The molecule has 1 aromatic rings. The molecule has 108 valence electrons. The van der Waals surface area contributed by atoms with Crippen molar-refractivity contribution in [2.45, 2.75) is 39.3 Å². The smallest absolute Gasteiger partial charge is 0.287 e. The normalized spacial score (nSPS) is 11.9. The molecule has 19 heavy (non-hydrogen) atoms. The van der Waals surface area contributed by atoms with E-state index in [1.165, 1.54) is 4.68 Å². The SMILES string of the molecule is CCCn1ncc(NCC(C)(C)N(C)C)c(Cl)c1=O. The fourth-order valence-electron chi connectivity index (χ4n) is 1.43. The first-order chi connectivity index (χ1) is 8.79. The molecule has 1 rings (SSSR count). The molecular formula is C13H23ClN4O. The minimum Gasteiger partial charge on any atom is -0.381 e. The van der Waals surface area contributed by atoms with Crippen LogP contribution in [0, 0.1) is 0 Å². The molecule has 0 aromatic carbocycles. The third kappa shape index (κ3) is 3.94. The van der Waals surface area contributed by atoms with Gasteiger partial charge in [0.2, 0.25) is 0 Å². The summed E-state index contributed by atoms with van der Waals surface area (Å²) in [6, 6.07) is 0. The van der Waals surface area contributed by atoms with Crippen molar-refractivity contribution in [3.63, 3.8) is 0 Å². The quantitative estimate of drug-likeness (QED) is 0.870. The van der Waals surface area contributed by atoms with Crippen molar-refractivity contribution < 1.29 is 0 Å². The van der Waals surface area contributed by atoms with E-state index in [0.29, 0.717) is 18.8 Å². The summed E-state index contributed by atoms with van der Waals surface area (Å²) in [6.45, 7) is 7.48. The molecule has 0 saturated heterocycles. The fourth-order valence-corrected chi connectivity index (χ4v) is 1.64. The van der Waals surface area contributed by atoms with Crippen molar-refractivity contribution in [2.24, 2.45) is 0 Å². The van der Waals surface area contributed by atoms with E-state index in [9.17, 15) is 4.79 Å². The highest BCUT2D eigenvalue weighted by Gasteiger charge is 2.20. The van der Waals surface area contributed by atoms with Crippen LogP contribution in [0.5, 0.6) is 0 Å². The van der Waals surface area contributed by atoms with Crippen molar-refractivity contribution in [1.82, 2.24) is 14.7 Å². The summed E-state index contributed by atoms with van der Waals surface area (Å²) in [4.78, 5) is 14.1. The predicted molar refractivity (Wildman–Crippen MR) is 80.1 cm³/mol. The van der Waals surface area contributed by atoms with Gasteiger partial charge in [-0.1, -0.05) is 18.5 Å². The number of rotatable bonds is 6. The Bertz CT molecular complexity index is 482. The van der Waals surface area contributed by atoms with Gasteiger partial charge in [0.15, 0.2) is 0 Å². The lowest BCUT2D eigenvalue weighted by atomic mass is 10.0. The Labute approximate surface area is 119 Å². The van der Waals surface area contributed by atoms with E-state index in [1.54, 1.807) is 6.20 Å². The first-order valence-corrected chi connectivity index (χ1v) is 6.84. The van der Waals surface area contributed by atoms with E-state index in [-0.39, 0.29) is 16.1 Å². The Balaban J connectivity index is 2.87. The number of nitrogens with one attached hydrogen (secondary N) is 1. The Morgan fingerprint density at radius 1 is 1.47 bits per heavy atom. The maximum Gasteiger partial charge on any atom is 0.287 e. The zero-order valence-electron chi connectivity index (χ0n) is 12.3. The van der Waals surface area contributed by atoms with Gasteiger partial charge in [-0.05, 0) is 34.4 Å². The topological polar surface area (TPSA) is 50.2 Å². The van der Waals surface area contributed by atoms with Crippen molar-refractivity contribution in [3.8, 4) is 0 Å². The van der Waals surface area contributed by atoms with Crippen LogP contribution >= 0.6 is 11.6 Å². The maximum atomic E-state index is 12.0. The van der Waals surface area contributed by atoms with Crippen LogP contribution in [0.4, 0.5) is 5.69 Å². The predicted octanol–water partition coefficient (Wildman–Crippen LogP) is 2.06. The van der Waals surface area contributed by atoms with Gasteiger partial charge in [0, 0.05) is 18.6 Å². The molecule has 5 nitrogen and oxygen atoms in total. The summed E-state index contributed by atoms with van der Waals surface area (Å²) in [7, 11) is 4.03. The van der Waals surface area contributed by atoms with Crippen LogP contribution in [-0.4, -0.2) is 40.9 Å². The molecular weight excluding hydrogens is 264 g/mol. The third-order valence-corrected chi connectivity index (χ3v) is 3.71. The molecule has 0 aliphatic carbocycles. The summed E-state index contributed by atoms with van der Waals surface area (Å²) in [6.07, 6.45) is 2.47. The van der Waals surface area contributed by atoms with Gasteiger partial charge >= 0.3 is 0 Å². The summed E-state index contributed by atoms with van der Waals surface area (Å²) < 4.78 is 1.39. The first-order valence-electron chi connectivity index (χ1n) is 6.46. The Hall–Kier alpha value is -1.07. The number of halogens is 1. The van der Waals surface area contributed by atoms with E-state index in [0.717, 1.165) is 6.42 Å². The number of aromatic nitrogens is 2. The Morgan fingerprint density at radius 2 is 2.11 bits per heavy atom. The van der Waals surface area contributed by atoms with Crippen LogP contribution in [0.15, 0.2) is 11.0 Å². The van der Waals surface area contributed by atoms with E-state index in [1.807, 2.05) is 21.0 Å². The van der Waals surface area contributed by atoms with E-state index >= 15 is 0 Å². The number of nitrogens with zero attached hydrogens (tertiary/aromatic N) is 3. The monoisotopic (exact) mass is 286 g/mol. The molecule has 0 amide bonds. The summed E-state index contributed by atoms with van der Waals surface area (Å²) in [5.74, 6) is 0. The second-order valence-corrected chi connectivity index (χ2v) is 5.84. The van der Waals surface area contributed by atoms with Gasteiger partial charge in [-0.25, -0.2) is 4.68 Å². The number of hydrogen-bond acceptors (Lipinski definition) is 4. The van der Waals surface area contributed by atoms with Gasteiger partial charge < -0.3 is 10.2 Å². The first kappa shape index (κ1) is 16.0. The summed E-state index contributed by atoms with van der Waals surface area (Å²) in [5.41, 5.74) is 0.312. The summed E-state index contributed by atoms with van der Waals surface area (Å²) >= 11 is 6.09. The molecule has 6 heteroatoms. The molecule has 0 unspecified atom stereocenters. The average Bonchev–Trinajstić information content (AvgIpc) is 2.34. The van der Waals surface area contributed by atoms with Gasteiger partial charge in [-0.3, -0.25) is 4.79 Å². The standard InChI is InChI=1S/C13H23ClN4O/c1-6-7-18-12(19)11(14)10(8-16-18)15-9-13(2,3)17(4)5/h8,15H,6-7,9H2,1-5H3. The van der Waals surface area contributed by atoms with Crippen LogP contribution in [0.3, 0.4) is 0 Å². The van der Waals surface area contributed by atoms with Gasteiger partial charge in [0.1, 0.15) is 5.02 Å². The number of aryl methyl sites for hydroxylation is 1. The van der Waals surface area contributed by atoms with Crippen LogP contribution in [-0.2, 0) is 6.54 Å². The van der Waals surface area contributed by atoms with Crippen molar-refractivity contribution >= 4 is 17.3 Å². The molecule has 1 N–H and O–H groups in total. The number of anilines is 1. The average molecular weight is 287 g/mol. The van der Waals surface area contributed by atoms with Crippen molar-refractivity contribution in [3.05, 3.63) is 21.6 Å². The highest BCUT2D eigenvalue weighted by atomic mass is 35.5. The van der Waals surface area contributed by atoms with Crippen LogP contribution in [0.1, 0.15) is 27.2 Å². The molecule has 0 aliphatic heterocycles. The van der Waals surface area contributed by atoms with Crippen LogP contribution in [0.2, 0.25) is 5.02 Å². The number of hydrogen-bond donors (Lipinski definition) is 1. The van der Waals surface area contributed by atoms with Crippen molar-refractivity contribution in [1.29, 1.82) is 0 Å². The van der Waals surface area contributed by atoms with E-state index in [2.05, 4.69) is 29.2 Å². The third-order valence-electron chi connectivity index (χ3n) is 3.34. The Kier molecular flexibility index (Phi) is 5.38. The molecule has 0 atom stereocenters. The molecule has 0 bridgehead atoms. The highest BCUT2D eigenvalue weighted by molar-refractivity contribution is 6.32. The van der Waals surface area contributed by atoms with E-state index < -0.39 is 0 Å². The lowest BCUT2D eigenvalue weighted by molar-refractivity contribution is 0.210. The van der Waals surface area contributed by atoms with E-state index in [4.69, 9.17) is 11.6 Å². The largest absolute Gasteiger partial charge is 0.381 e. The lowest BCUT2D eigenvalue weighted by Gasteiger charge is -2.33. The molecule has 0 aliphatic rings. The van der Waals surface area contributed by atoms with Gasteiger partial charge in [0.25, 0.3) is 5.56 Å². The van der Waals surface area contributed by atoms with Gasteiger partial charge in [-0.15, -0.1) is 0 Å². The molecule has 0 radical (unpaired) electrons. The zero-order valence-corrected chi connectivity index (χ0v) is 13.1. The van der Waals surface area contributed by atoms with Crippen molar-refractivity contribution in [2.75, 3.05) is 26.0 Å². The molecule has 0 saturated carbocycles. The zero-order chi connectivity index (χ0) is 14.6. The van der Waals surface area contributed by atoms with Gasteiger partial charge in [-0.2, -0.15) is 5.10 Å². The highest BCUT2D eigenvalue weighted by Crippen LogP contribution is 2.18. The van der Waals surface area contributed by atoms with Crippen LogP contribution in [0.25, 0.3) is 0 Å². The van der Waals surface area contributed by atoms with Gasteiger partial charge in [0.05, 0.1) is 11.9 Å². The maximum absolute atomic E-state index is 12.0. The number of likely N-dealkylation sites (N-methyl/N-ethyl adjacent to an activating group) is 1. The molecule has 0 spiro atoms. The second-order valence-electron chi connectivity index (χ2n) is 5.46. The Morgan fingerprint density at radius 3 is 2.63 bits per heavy atom. The second kappa shape index (κ2) is 6.39.